The van der Waals surface area contributed by atoms with Crippen molar-refractivity contribution < 1.29 is 9.53 Å². The van der Waals surface area contributed by atoms with Gasteiger partial charge in [-0.05, 0) is 0 Å². The summed E-state index contributed by atoms with van der Waals surface area (Å²) in [5, 5.41) is 2.99. The van der Waals surface area contributed by atoms with E-state index in [0.29, 0.717) is 0 Å². The summed E-state index contributed by atoms with van der Waals surface area (Å²) < 4.78 is 4.56. The lowest BCUT2D eigenvalue weighted by Gasteiger charge is -2.25. The van der Waals surface area contributed by atoms with E-state index in [1.54, 1.807) is 22.6 Å². The minimum Gasteiger partial charge on any atom is -0.452 e. The molecule has 0 aromatic rings. The van der Waals surface area contributed by atoms with Crippen LogP contribution in [-0.2, 0) is 4.74 Å². The van der Waals surface area contributed by atoms with Crippen LogP contribution in [0.15, 0.2) is 0 Å². The molecule has 0 unspecified atom stereocenters. The molecule has 0 radical (unpaired) electrons. The van der Waals surface area contributed by atoms with Crippen LogP contribution in [0.3, 0.4) is 0 Å². The maximum absolute atomic E-state index is 10.2. The Morgan fingerprint density at radius 2 is 2.38 bits per heavy atom. The largest absolute Gasteiger partial charge is 0.452 e. The second kappa shape index (κ2) is 2.63. The van der Waals surface area contributed by atoms with Crippen LogP contribution in [0.5, 0.6) is 0 Å². The van der Waals surface area contributed by atoms with Gasteiger partial charge in [-0.3, -0.25) is 0 Å². The van der Waals surface area contributed by atoms with Gasteiger partial charge in [-0.2, -0.15) is 0 Å². The van der Waals surface area contributed by atoms with Gasteiger partial charge in [-0.15, -0.1) is 0 Å². The van der Waals surface area contributed by atoms with Crippen LogP contribution in [0.4, 0.5) is 4.79 Å². The molecule has 4 heteroatoms. The van der Waals surface area contributed by atoms with E-state index < -0.39 is 0 Å². The number of carbonyl (C=O) groups excluding carboxylic acids is 1. The van der Waals surface area contributed by atoms with Crippen molar-refractivity contribution in [3.05, 3.63) is 0 Å². The SMILES string of the molecule is O=C(I)OC1CNC1. The predicted octanol–water partition coefficient (Wildman–Crippen LogP) is 0.530. The zero-order chi connectivity index (χ0) is 5.98. The summed E-state index contributed by atoms with van der Waals surface area (Å²) in [6.07, 6.45) is 0.138. The molecular weight excluding hydrogens is 221 g/mol. The maximum atomic E-state index is 10.2. The lowest BCUT2D eigenvalue weighted by Crippen LogP contribution is -2.48. The minimum absolute atomic E-state index is 0.138. The van der Waals surface area contributed by atoms with Gasteiger partial charge in [0.2, 0.25) is 0 Å². The Morgan fingerprint density at radius 1 is 1.75 bits per heavy atom. The van der Waals surface area contributed by atoms with Crippen LogP contribution in [0.1, 0.15) is 0 Å². The van der Waals surface area contributed by atoms with Crippen molar-refractivity contribution in [2.75, 3.05) is 13.1 Å². The van der Waals surface area contributed by atoms with Crippen molar-refractivity contribution in [2.45, 2.75) is 6.10 Å². The molecule has 0 aromatic carbocycles. The van der Waals surface area contributed by atoms with Crippen LogP contribution in [-0.4, -0.2) is 23.2 Å². The zero-order valence-corrected chi connectivity index (χ0v) is 6.34. The van der Waals surface area contributed by atoms with E-state index in [1.165, 1.54) is 0 Å². The molecule has 0 aliphatic carbocycles. The van der Waals surface area contributed by atoms with Gasteiger partial charge in [0.15, 0.2) is 0 Å². The fourth-order valence-electron chi connectivity index (χ4n) is 0.477. The highest BCUT2D eigenvalue weighted by Gasteiger charge is 2.19. The van der Waals surface area contributed by atoms with Crippen molar-refractivity contribution in [3.63, 3.8) is 0 Å². The van der Waals surface area contributed by atoms with Gasteiger partial charge in [0.1, 0.15) is 6.10 Å². The molecule has 1 rings (SSSR count). The average Bonchev–Trinajstić information content (AvgIpc) is 1.55. The molecule has 1 aliphatic heterocycles. The third-order valence-corrected chi connectivity index (χ3v) is 1.26. The monoisotopic (exact) mass is 227 g/mol. The number of nitrogens with one attached hydrogen (secondary N) is 1. The second-order valence-corrected chi connectivity index (χ2v) is 2.52. The summed E-state index contributed by atoms with van der Waals surface area (Å²) >= 11 is 1.63. The van der Waals surface area contributed by atoms with Gasteiger partial charge in [-0.25, -0.2) is 4.79 Å². The first-order valence-corrected chi connectivity index (χ1v) is 3.44. The molecule has 0 spiro atoms. The first-order valence-electron chi connectivity index (χ1n) is 2.36. The molecule has 1 heterocycles. The maximum Gasteiger partial charge on any atom is 0.367 e. The van der Waals surface area contributed by atoms with Crippen molar-refractivity contribution in [2.24, 2.45) is 0 Å². The fourth-order valence-corrected chi connectivity index (χ4v) is 0.836. The summed E-state index contributed by atoms with van der Waals surface area (Å²) in [7, 11) is 0. The third-order valence-electron chi connectivity index (χ3n) is 1.00. The van der Waals surface area contributed by atoms with Gasteiger partial charge < -0.3 is 10.1 Å². The van der Waals surface area contributed by atoms with Crippen molar-refractivity contribution in [1.82, 2.24) is 5.32 Å². The number of rotatable bonds is 1. The van der Waals surface area contributed by atoms with Crippen LogP contribution in [0.25, 0.3) is 0 Å². The van der Waals surface area contributed by atoms with E-state index in [1.807, 2.05) is 0 Å². The van der Waals surface area contributed by atoms with E-state index in [9.17, 15) is 4.79 Å². The molecule has 1 fully saturated rings. The first-order chi connectivity index (χ1) is 3.79. The highest BCUT2D eigenvalue weighted by Crippen LogP contribution is 2.02. The normalized spacial score (nSPS) is 19.6. The van der Waals surface area contributed by atoms with Crippen molar-refractivity contribution in [3.8, 4) is 0 Å². The standard InChI is InChI=1S/C4H6INO2/c5-4(7)8-3-1-6-2-3/h3,6H,1-2H2. The molecule has 0 atom stereocenters. The molecule has 1 saturated heterocycles. The lowest BCUT2D eigenvalue weighted by atomic mass is 10.2. The molecule has 0 saturated carbocycles. The number of ether oxygens (including phenoxy) is 1. The van der Waals surface area contributed by atoms with Crippen LogP contribution >= 0.6 is 22.6 Å². The van der Waals surface area contributed by atoms with E-state index in [-0.39, 0.29) is 10.1 Å². The van der Waals surface area contributed by atoms with Crippen LogP contribution in [0, 0.1) is 0 Å². The summed E-state index contributed by atoms with van der Waals surface area (Å²) in [5.41, 5.74) is 0. The summed E-state index contributed by atoms with van der Waals surface area (Å²) in [6, 6.07) is 0. The molecule has 0 amide bonds. The topological polar surface area (TPSA) is 38.3 Å². The highest BCUT2D eigenvalue weighted by atomic mass is 127. The lowest BCUT2D eigenvalue weighted by molar-refractivity contribution is 0.0904. The van der Waals surface area contributed by atoms with E-state index in [2.05, 4.69) is 5.32 Å². The molecule has 3 nitrogen and oxygen atoms in total. The Hall–Kier alpha value is 0.160. The molecule has 0 bridgehead atoms. The molecule has 1 N–H and O–H groups in total. The second-order valence-electron chi connectivity index (χ2n) is 1.64. The Balaban J connectivity index is 2.09. The van der Waals surface area contributed by atoms with Gasteiger partial charge in [0.25, 0.3) is 0 Å². The summed E-state index contributed by atoms with van der Waals surface area (Å²) in [5.74, 6) is 0. The number of hydrogen-bond donors (Lipinski definition) is 1. The molecule has 1 aliphatic rings. The summed E-state index contributed by atoms with van der Waals surface area (Å²) in [4.78, 5) is 10.2. The smallest absolute Gasteiger partial charge is 0.367 e. The average molecular weight is 227 g/mol. The molecular formula is C4H6INO2. The van der Waals surface area contributed by atoms with Crippen molar-refractivity contribution >= 4 is 26.6 Å². The molecule has 8 heavy (non-hydrogen) atoms. The van der Waals surface area contributed by atoms with Crippen LogP contribution in [0.2, 0.25) is 0 Å². The highest BCUT2D eigenvalue weighted by molar-refractivity contribution is 14.1. The van der Waals surface area contributed by atoms with E-state index in [4.69, 9.17) is 4.74 Å². The number of hydrogen-bond acceptors (Lipinski definition) is 3. The minimum atomic E-state index is -0.214. The van der Waals surface area contributed by atoms with Gasteiger partial charge >= 0.3 is 3.98 Å². The Kier molecular flexibility index (Phi) is 2.07. The number of carbonyl (C=O) groups is 1. The first kappa shape index (κ1) is 6.28. The van der Waals surface area contributed by atoms with Gasteiger partial charge in [0, 0.05) is 13.1 Å². The van der Waals surface area contributed by atoms with Crippen molar-refractivity contribution in [1.29, 1.82) is 0 Å². The van der Waals surface area contributed by atoms with E-state index in [0.717, 1.165) is 13.1 Å². The Labute approximate surface area is 60.9 Å². The molecule has 0 aromatic heterocycles. The zero-order valence-electron chi connectivity index (χ0n) is 4.19. The number of halogens is 1. The van der Waals surface area contributed by atoms with Gasteiger partial charge in [-0.1, -0.05) is 0 Å². The predicted molar refractivity (Wildman–Crippen MR) is 37.2 cm³/mol. The molecule has 46 valence electrons. The van der Waals surface area contributed by atoms with Gasteiger partial charge in [0.05, 0.1) is 22.6 Å². The van der Waals surface area contributed by atoms with Crippen LogP contribution < -0.4 is 5.32 Å². The Morgan fingerprint density at radius 3 is 2.50 bits per heavy atom. The summed E-state index contributed by atoms with van der Waals surface area (Å²) in [6.45, 7) is 1.63. The van der Waals surface area contributed by atoms with E-state index >= 15 is 0 Å². The quantitative estimate of drug-likeness (QED) is 0.524. The Bertz CT molecular complexity index is 102. The third kappa shape index (κ3) is 1.59. The fraction of sp³-hybridized carbons (Fsp3) is 0.750.